The van der Waals surface area contributed by atoms with Crippen molar-refractivity contribution in [2.45, 2.75) is 177 Å². The molecular weight excluding hydrogens is 945 g/mol. The molecule has 5 aliphatic heterocycles. The topological polar surface area (TPSA) is 162 Å². The molecule has 7 unspecified atom stereocenters. The number of ether oxygens (including phenoxy) is 10. The Morgan fingerprint density at radius 1 is 0.889 bits per heavy atom. The number of ketones is 1. The lowest BCUT2D eigenvalue weighted by atomic mass is 9.79. The lowest BCUT2D eigenvalue weighted by Crippen LogP contribution is -2.62. The standard InChI is InChI=1S/C46H78INO14Si/c1-12-63(13-2,14-3)62-39-30(7)57-45(42(53-11)41(39)52-10)56-26-32-23-27(4)17-18-33(49)28(5)24-31-19-22-54-20-15-16-21-55-34(25-35(50)58-43(32)47)29(6)38(31)59-44-37(51)36(48(8)9)40-46(60-40)61-44/h17-18,23,28-32,34,36-46,51H,12-16,19-22,24-26H2,1-11H3/b18-17+,27-23+/t28-,29+,30?,31+,32-,34-,36?,37?,38-,39-,40+,41?,42?,43+,44-,45?,46?/m1/s1. The molecule has 0 spiro atoms. The Bertz CT molecular complexity index is 1490. The summed E-state index contributed by atoms with van der Waals surface area (Å²) in [4.78, 5) is 30.0. The molecule has 63 heavy (non-hydrogen) atoms. The van der Waals surface area contributed by atoms with Crippen LogP contribution in [0.1, 0.15) is 80.6 Å². The quantitative estimate of drug-likeness (QED) is 0.0731. The highest BCUT2D eigenvalue weighted by atomic mass is 127. The Hall–Kier alpha value is -0.913. The number of cyclic esters (lactones) is 1. The normalized spacial score (nSPS) is 41.7. The molecule has 2 bridgehead atoms. The number of likely N-dealkylation sites (N-methyl/N-ethyl adjacent to an activating group) is 1. The molecule has 0 radical (unpaired) electrons. The number of allylic oxidation sites excluding steroid dienone is 3. The van der Waals surface area contributed by atoms with Crippen LogP contribution in [-0.2, 0) is 61.4 Å². The van der Waals surface area contributed by atoms with Gasteiger partial charge in [-0.05, 0) is 106 Å². The molecule has 362 valence electrons. The van der Waals surface area contributed by atoms with Crippen molar-refractivity contribution in [3.05, 3.63) is 23.8 Å². The molecule has 0 aromatic heterocycles. The molecule has 0 aromatic rings. The SMILES string of the molecule is CC[Si](CC)(CC)O[C@@H]1C(C)OC(OC[C@H]2/C=C(C)/C=C/C(=O)[C@H](C)C[C@@H]3CCOCCCCO[C@H](CC(=O)O[C@@H]2I)[C@H](C)[C@H]3O[C@@H]2OC3O[C@H]3C(N(C)C)C2O)C(OC)C1OC. The van der Waals surface area contributed by atoms with Crippen molar-refractivity contribution in [2.24, 2.45) is 23.7 Å². The summed E-state index contributed by atoms with van der Waals surface area (Å²) in [5.74, 6) is -1.87. The van der Waals surface area contributed by atoms with Gasteiger partial charge in [0, 0.05) is 51.8 Å². The van der Waals surface area contributed by atoms with Crippen molar-refractivity contribution < 1.29 is 66.5 Å². The van der Waals surface area contributed by atoms with Gasteiger partial charge in [0.1, 0.15) is 24.4 Å². The van der Waals surface area contributed by atoms with Crippen LogP contribution in [0.3, 0.4) is 0 Å². The molecule has 4 fully saturated rings. The van der Waals surface area contributed by atoms with Gasteiger partial charge in [0.05, 0.1) is 43.5 Å². The van der Waals surface area contributed by atoms with Crippen molar-refractivity contribution in [3.8, 4) is 0 Å². The van der Waals surface area contributed by atoms with Gasteiger partial charge in [0.25, 0.3) is 0 Å². The van der Waals surface area contributed by atoms with Gasteiger partial charge >= 0.3 is 5.97 Å². The first-order valence-corrected chi connectivity index (χ1v) is 27.1. The van der Waals surface area contributed by atoms with Gasteiger partial charge in [-0.2, -0.15) is 0 Å². The summed E-state index contributed by atoms with van der Waals surface area (Å²) in [6, 6.07) is 2.63. The number of aliphatic hydroxyl groups excluding tert-OH is 1. The third-order valence-corrected chi connectivity index (χ3v) is 19.8. The predicted molar refractivity (Wildman–Crippen MR) is 247 cm³/mol. The largest absolute Gasteiger partial charge is 0.451 e. The lowest BCUT2D eigenvalue weighted by Gasteiger charge is -2.47. The monoisotopic (exact) mass is 1020 g/mol. The molecule has 0 aliphatic carbocycles. The summed E-state index contributed by atoms with van der Waals surface area (Å²) in [5, 5.41) is 11.6. The Balaban J connectivity index is 1.41. The van der Waals surface area contributed by atoms with Gasteiger partial charge in [-0.15, -0.1) is 0 Å². The van der Waals surface area contributed by atoms with Crippen LogP contribution in [0.2, 0.25) is 18.1 Å². The van der Waals surface area contributed by atoms with Crippen LogP contribution in [-0.4, -0.2) is 163 Å². The highest BCUT2D eigenvalue weighted by molar-refractivity contribution is 14.1. The van der Waals surface area contributed by atoms with Gasteiger partial charge in [-0.25, -0.2) is 0 Å². The Labute approximate surface area is 391 Å². The maximum Gasteiger partial charge on any atom is 0.309 e. The fourth-order valence-electron chi connectivity index (χ4n) is 9.71. The average Bonchev–Trinajstić information content (AvgIpc) is 4.03. The number of alkyl halides is 1. The molecule has 17 atom stereocenters. The van der Waals surface area contributed by atoms with Crippen LogP contribution in [0.4, 0.5) is 0 Å². The number of carbonyl (C=O) groups excluding carboxylic acids is 2. The number of carbonyl (C=O) groups is 2. The van der Waals surface area contributed by atoms with Crippen molar-refractivity contribution in [1.29, 1.82) is 0 Å². The van der Waals surface area contributed by atoms with E-state index in [-0.39, 0.29) is 60.9 Å². The first kappa shape index (κ1) is 53.0. The predicted octanol–water partition coefficient (Wildman–Crippen LogP) is 6.19. The molecular formula is C46H78INO14Si. The van der Waals surface area contributed by atoms with Crippen LogP contribution in [0, 0.1) is 23.7 Å². The van der Waals surface area contributed by atoms with E-state index in [4.69, 9.17) is 51.8 Å². The molecule has 17 heteroatoms. The molecule has 4 saturated heterocycles. The van der Waals surface area contributed by atoms with Crippen LogP contribution in [0.5, 0.6) is 0 Å². The summed E-state index contributed by atoms with van der Waals surface area (Å²) in [5.41, 5.74) is 0.807. The Kier molecular flexibility index (Phi) is 21.0. The fourth-order valence-corrected chi connectivity index (χ4v) is 13.3. The van der Waals surface area contributed by atoms with E-state index in [0.717, 1.165) is 36.5 Å². The van der Waals surface area contributed by atoms with E-state index >= 15 is 0 Å². The fraction of sp³-hybridized carbons (Fsp3) is 0.870. The number of nitrogens with zero attached hydrogens (tertiary/aromatic N) is 1. The molecule has 5 rings (SSSR count). The van der Waals surface area contributed by atoms with Gasteiger partial charge < -0.3 is 61.8 Å². The first-order chi connectivity index (χ1) is 30.1. The molecule has 0 amide bonds. The van der Waals surface area contributed by atoms with Crippen LogP contribution >= 0.6 is 22.6 Å². The number of rotatable bonds is 13. The molecule has 15 nitrogen and oxygen atoms in total. The van der Waals surface area contributed by atoms with Gasteiger partial charge in [0.2, 0.25) is 0 Å². The van der Waals surface area contributed by atoms with Crippen molar-refractivity contribution in [1.82, 2.24) is 4.90 Å². The minimum atomic E-state index is -2.02. The number of halogens is 1. The van der Waals surface area contributed by atoms with Crippen molar-refractivity contribution in [3.63, 3.8) is 0 Å². The van der Waals surface area contributed by atoms with E-state index in [2.05, 4.69) is 43.4 Å². The number of esters is 1. The number of hydrogen-bond acceptors (Lipinski definition) is 15. The van der Waals surface area contributed by atoms with Gasteiger partial charge in [-0.3, -0.25) is 9.59 Å². The maximum absolute atomic E-state index is 14.1. The second-order valence-electron chi connectivity index (χ2n) is 18.4. The summed E-state index contributed by atoms with van der Waals surface area (Å²) in [7, 11) is 5.05. The number of hydrogen-bond donors (Lipinski definition) is 1. The van der Waals surface area contributed by atoms with E-state index < -0.39 is 73.7 Å². The zero-order valence-electron chi connectivity index (χ0n) is 39.6. The summed E-state index contributed by atoms with van der Waals surface area (Å²) < 4.78 is 69.1. The number of epoxide rings is 1. The molecule has 5 heterocycles. The zero-order chi connectivity index (χ0) is 46.0. The van der Waals surface area contributed by atoms with Crippen molar-refractivity contribution >= 4 is 42.7 Å². The molecule has 5 aliphatic rings. The average molecular weight is 1020 g/mol. The third kappa shape index (κ3) is 13.9. The number of aliphatic hydroxyl groups is 1. The zero-order valence-corrected chi connectivity index (χ0v) is 42.8. The van der Waals surface area contributed by atoms with E-state index in [1.807, 2.05) is 52.8 Å². The highest BCUT2D eigenvalue weighted by Gasteiger charge is 2.58. The van der Waals surface area contributed by atoms with Crippen molar-refractivity contribution in [2.75, 3.05) is 54.7 Å². The Morgan fingerprint density at radius 3 is 2.25 bits per heavy atom. The minimum absolute atomic E-state index is 0.0293. The maximum atomic E-state index is 14.1. The second-order valence-corrected chi connectivity index (χ2v) is 24.4. The molecule has 0 aromatic carbocycles. The highest BCUT2D eigenvalue weighted by Crippen LogP contribution is 2.41. The third-order valence-electron chi connectivity index (χ3n) is 13.9. The second kappa shape index (κ2) is 24.9. The first-order valence-electron chi connectivity index (χ1n) is 23.3. The summed E-state index contributed by atoms with van der Waals surface area (Å²) in [6.07, 6.45) is 1.54. The van der Waals surface area contributed by atoms with E-state index in [9.17, 15) is 14.7 Å². The van der Waals surface area contributed by atoms with E-state index in [0.29, 0.717) is 32.7 Å². The smallest absolute Gasteiger partial charge is 0.309 e. The Morgan fingerprint density at radius 2 is 1.59 bits per heavy atom. The van der Waals surface area contributed by atoms with Crippen LogP contribution in [0.25, 0.3) is 0 Å². The number of methoxy groups -OCH3 is 2. The summed E-state index contributed by atoms with van der Waals surface area (Å²) in [6.45, 7) is 16.0. The number of fused-ring (bicyclic) bond motifs is 4. The van der Waals surface area contributed by atoms with E-state index in [1.54, 1.807) is 26.4 Å². The minimum Gasteiger partial charge on any atom is -0.451 e. The van der Waals surface area contributed by atoms with Gasteiger partial charge in [0.15, 0.2) is 37.1 Å². The van der Waals surface area contributed by atoms with Crippen LogP contribution < -0.4 is 0 Å². The lowest BCUT2D eigenvalue weighted by molar-refractivity contribution is -0.301. The molecule has 0 saturated carbocycles. The molecule has 1 N–H and O–H groups in total. The van der Waals surface area contributed by atoms with Gasteiger partial charge in [-0.1, -0.05) is 52.3 Å². The van der Waals surface area contributed by atoms with E-state index in [1.165, 1.54) is 0 Å². The summed E-state index contributed by atoms with van der Waals surface area (Å²) >= 11 is 2.15. The van der Waals surface area contributed by atoms with Crippen LogP contribution in [0.15, 0.2) is 23.8 Å².